The molecule has 0 aliphatic carbocycles. The van der Waals surface area contributed by atoms with Gasteiger partial charge >= 0.3 is 0 Å². The second-order valence-electron chi connectivity index (χ2n) is 5.44. The molecule has 1 unspecified atom stereocenters. The molecule has 0 aromatic heterocycles. The lowest BCUT2D eigenvalue weighted by atomic mass is 10.1. The molecular weight excluding hydrogens is 312 g/mol. The van der Waals surface area contributed by atoms with Gasteiger partial charge in [0, 0.05) is 11.6 Å². The van der Waals surface area contributed by atoms with Gasteiger partial charge < -0.3 is 15.0 Å². The van der Waals surface area contributed by atoms with E-state index in [1.54, 1.807) is 24.3 Å². The summed E-state index contributed by atoms with van der Waals surface area (Å²) in [7, 11) is 3.98. The van der Waals surface area contributed by atoms with Crippen LogP contribution in [0.2, 0.25) is 5.02 Å². The van der Waals surface area contributed by atoms with Crippen LogP contribution in [-0.4, -0.2) is 38.1 Å². The third-order valence-corrected chi connectivity index (χ3v) is 3.70. The molecule has 1 atom stereocenters. The Morgan fingerprint density at radius 3 is 2.57 bits per heavy atom. The molecule has 1 N–H and O–H groups in total. The summed E-state index contributed by atoms with van der Waals surface area (Å²) in [6, 6.07) is 17.2. The molecule has 5 heteroatoms. The van der Waals surface area contributed by atoms with Crippen molar-refractivity contribution in [3.05, 3.63) is 65.2 Å². The summed E-state index contributed by atoms with van der Waals surface area (Å²) in [4.78, 5) is 14.0. The van der Waals surface area contributed by atoms with Crippen molar-refractivity contribution >= 4 is 17.5 Å². The van der Waals surface area contributed by atoms with Crippen molar-refractivity contribution < 1.29 is 9.53 Å². The molecule has 0 radical (unpaired) electrons. The van der Waals surface area contributed by atoms with Gasteiger partial charge in [-0.3, -0.25) is 4.79 Å². The number of nitrogens with zero attached hydrogens (tertiary/aromatic N) is 1. The third kappa shape index (κ3) is 5.58. The van der Waals surface area contributed by atoms with Crippen LogP contribution in [0, 0.1) is 0 Å². The minimum absolute atomic E-state index is 0.0325. The normalized spacial score (nSPS) is 12.0. The van der Waals surface area contributed by atoms with Crippen LogP contribution in [0.15, 0.2) is 54.6 Å². The Morgan fingerprint density at radius 1 is 1.17 bits per heavy atom. The summed E-state index contributed by atoms with van der Waals surface area (Å²) in [5.74, 6) is 0.424. The fourth-order valence-electron chi connectivity index (χ4n) is 2.24. The van der Waals surface area contributed by atoms with Gasteiger partial charge in [0.1, 0.15) is 5.75 Å². The molecule has 0 heterocycles. The molecule has 0 spiro atoms. The molecular formula is C18H21ClN2O2. The van der Waals surface area contributed by atoms with Crippen molar-refractivity contribution in [2.75, 3.05) is 27.2 Å². The summed E-state index contributed by atoms with van der Waals surface area (Å²) in [6.07, 6.45) is 0. The summed E-state index contributed by atoms with van der Waals surface area (Å²) in [6.45, 7) is 0.490. The molecule has 0 saturated carbocycles. The first-order valence-corrected chi connectivity index (χ1v) is 7.80. The van der Waals surface area contributed by atoms with Crippen molar-refractivity contribution in [3.8, 4) is 5.75 Å². The molecule has 0 aliphatic heterocycles. The van der Waals surface area contributed by atoms with Gasteiger partial charge in [0.05, 0.1) is 6.04 Å². The molecule has 0 saturated heterocycles. The summed E-state index contributed by atoms with van der Waals surface area (Å²) in [5.41, 5.74) is 1.16. The first-order valence-electron chi connectivity index (χ1n) is 7.42. The summed E-state index contributed by atoms with van der Waals surface area (Å²) in [5, 5.41) is 3.49. The predicted octanol–water partition coefficient (Wildman–Crippen LogP) is 3.14. The van der Waals surface area contributed by atoms with E-state index in [2.05, 4.69) is 22.3 Å². The van der Waals surface area contributed by atoms with E-state index in [4.69, 9.17) is 16.3 Å². The van der Waals surface area contributed by atoms with E-state index >= 15 is 0 Å². The van der Waals surface area contributed by atoms with Crippen LogP contribution >= 0.6 is 11.6 Å². The second-order valence-corrected chi connectivity index (χ2v) is 5.88. The van der Waals surface area contributed by atoms with Crippen molar-refractivity contribution in [3.63, 3.8) is 0 Å². The highest BCUT2D eigenvalue weighted by molar-refractivity contribution is 6.30. The Labute approximate surface area is 142 Å². The summed E-state index contributed by atoms with van der Waals surface area (Å²) >= 11 is 5.88. The number of rotatable bonds is 7. The average Bonchev–Trinajstić information content (AvgIpc) is 2.54. The van der Waals surface area contributed by atoms with Gasteiger partial charge in [0.15, 0.2) is 6.61 Å². The lowest BCUT2D eigenvalue weighted by Crippen LogP contribution is -2.36. The fourth-order valence-corrected chi connectivity index (χ4v) is 2.42. The van der Waals surface area contributed by atoms with Gasteiger partial charge in [-0.15, -0.1) is 0 Å². The van der Waals surface area contributed by atoms with Gasteiger partial charge in [-0.1, -0.05) is 48.0 Å². The van der Waals surface area contributed by atoms with Crippen LogP contribution in [0.3, 0.4) is 0 Å². The van der Waals surface area contributed by atoms with Gasteiger partial charge in [0.2, 0.25) is 0 Å². The van der Waals surface area contributed by atoms with E-state index in [0.29, 0.717) is 17.3 Å². The number of amides is 1. The molecule has 0 fully saturated rings. The fraction of sp³-hybridized carbons (Fsp3) is 0.278. The minimum Gasteiger partial charge on any atom is -0.484 e. The standard InChI is InChI=1S/C18H21ClN2O2/c1-21(2)17(14-7-4-3-5-8-14)12-20-18(22)13-23-16-10-6-9-15(19)11-16/h3-11,17H,12-13H2,1-2H3,(H,20,22). The van der Waals surface area contributed by atoms with Crippen LogP contribution in [0.4, 0.5) is 0 Å². The van der Waals surface area contributed by atoms with E-state index < -0.39 is 0 Å². The lowest BCUT2D eigenvalue weighted by molar-refractivity contribution is -0.123. The smallest absolute Gasteiger partial charge is 0.258 e. The number of carbonyl (C=O) groups is 1. The van der Waals surface area contributed by atoms with Gasteiger partial charge in [-0.2, -0.15) is 0 Å². The average molecular weight is 333 g/mol. The molecule has 1 amide bonds. The zero-order chi connectivity index (χ0) is 16.7. The van der Waals surface area contributed by atoms with E-state index in [1.807, 2.05) is 32.3 Å². The Bertz CT molecular complexity index is 632. The zero-order valence-corrected chi connectivity index (χ0v) is 14.1. The minimum atomic E-state index is -0.159. The predicted molar refractivity (Wildman–Crippen MR) is 92.8 cm³/mol. The molecule has 0 aliphatic rings. The Balaban J connectivity index is 1.85. The quantitative estimate of drug-likeness (QED) is 0.847. The van der Waals surface area contributed by atoms with Crippen LogP contribution < -0.4 is 10.1 Å². The van der Waals surface area contributed by atoms with E-state index in [9.17, 15) is 4.79 Å². The van der Waals surface area contributed by atoms with Crippen molar-refractivity contribution in [1.82, 2.24) is 10.2 Å². The first-order chi connectivity index (χ1) is 11.1. The van der Waals surface area contributed by atoms with Gasteiger partial charge in [0.25, 0.3) is 5.91 Å². The number of halogens is 1. The maximum absolute atomic E-state index is 12.0. The number of nitrogens with one attached hydrogen (secondary N) is 1. The number of ether oxygens (including phenoxy) is 1. The van der Waals surface area contributed by atoms with E-state index in [-0.39, 0.29) is 18.6 Å². The Morgan fingerprint density at radius 2 is 1.91 bits per heavy atom. The number of hydrogen-bond acceptors (Lipinski definition) is 3. The van der Waals surface area contributed by atoms with E-state index in [0.717, 1.165) is 5.56 Å². The lowest BCUT2D eigenvalue weighted by Gasteiger charge is -2.25. The molecule has 0 bridgehead atoms. The van der Waals surface area contributed by atoms with Crippen LogP contribution in [-0.2, 0) is 4.79 Å². The number of benzene rings is 2. The van der Waals surface area contributed by atoms with Crippen molar-refractivity contribution in [2.24, 2.45) is 0 Å². The Hall–Kier alpha value is -2.04. The molecule has 4 nitrogen and oxygen atoms in total. The van der Waals surface area contributed by atoms with Crippen LogP contribution in [0.25, 0.3) is 0 Å². The highest BCUT2D eigenvalue weighted by atomic mass is 35.5. The molecule has 2 aromatic carbocycles. The Kier molecular flexibility index (Phi) is 6.44. The topological polar surface area (TPSA) is 41.6 Å². The van der Waals surface area contributed by atoms with E-state index in [1.165, 1.54) is 0 Å². The van der Waals surface area contributed by atoms with Gasteiger partial charge in [-0.25, -0.2) is 0 Å². The SMILES string of the molecule is CN(C)C(CNC(=O)COc1cccc(Cl)c1)c1ccccc1. The number of likely N-dealkylation sites (N-methyl/N-ethyl adjacent to an activating group) is 1. The summed E-state index contributed by atoms with van der Waals surface area (Å²) < 4.78 is 5.44. The van der Waals surface area contributed by atoms with Crippen molar-refractivity contribution in [2.45, 2.75) is 6.04 Å². The van der Waals surface area contributed by atoms with Crippen molar-refractivity contribution in [1.29, 1.82) is 0 Å². The van der Waals surface area contributed by atoms with Gasteiger partial charge in [-0.05, 0) is 37.9 Å². The zero-order valence-electron chi connectivity index (χ0n) is 13.3. The first kappa shape index (κ1) is 17.3. The molecule has 122 valence electrons. The van der Waals surface area contributed by atoms with Crippen LogP contribution in [0.1, 0.15) is 11.6 Å². The molecule has 2 rings (SSSR count). The van der Waals surface area contributed by atoms with Crippen LogP contribution in [0.5, 0.6) is 5.75 Å². The largest absolute Gasteiger partial charge is 0.484 e. The molecule has 23 heavy (non-hydrogen) atoms. The highest BCUT2D eigenvalue weighted by Crippen LogP contribution is 2.18. The molecule has 2 aromatic rings. The maximum atomic E-state index is 12.0. The number of carbonyl (C=O) groups excluding carboxylic acids is 1. The third-order valence-electron chi connectivity index (χ3n) is 3.47. The number of hydrogen-bond donors (Lipinski definition) is 1. The monoisotopic (exact) mass is 332 g/mol. The maximum Gasteiger partial charge on any atom is 0.258 e. The highest BCUT2D eigenvalue weighted by Gasteiger charge is 2.15. The second kappa shape index (κ2) is 8.56.